The van der Waals surface area contributed by atoms with E-state index in [0.29, 0.717) is 12.6 Å². The molecule has 1 fully saturated rings. The van der Waals surface area contributed by atoms with E-state index in [1.165, 1.54) is 0 Å². The number of anilines is 1. The van der Waals surface area contributed by atoms with Crippen LogP contribution in [0, 0.1) is 0 Å². The van der Waals surface area contributed by atoms with E-state index in [2.05, 4.69) is 15.6 Å². The molecular weight excluding hydrogens is 188 g/mol. The van der Waals surface area contributed by atoms with Crippen molar-refractivity contribution in [2.24, 2.45) is 5.73 Å². The van der Waals surface area contributed by atoms with Gasteiger partial charge in [0.1, 0.15) is 5.82 Å². The Labute approximate surface area is 90.3 Å². The predicted molar refractivity (Wildman–Crippen MR) is 61.6 cm³/mol. The van der Waals surface area contributed by atoms with Crippen molar-refractivity contribution in [1.82, 2.24) is 10.3 Å². The maximum absolute atomic E-state index is 5.59. The van der Waals surface area contributed by atoms with E-state index in [-0.39, 0.29) is 0 Å². The third kappa shape index (κ3) is 2.91. The van der Waals surface area contributed by atoms with Gasteiger partial charge in [-0.2, -0.15) is 0 Å². The molecular formula is C11H18N4. The van der Waals surface area contributed by atoms with Gasteiger partial charge < -0.3 is 16.4 Å². The molecule has 2 heterocycles. The van der Waals surface area contributed by atoms with Gasteiger partial charge in [0.25, 0.3) is 0 Å². The lowest BCUT2D eigenvalue weighted by Crippen LogP contribution is -2.35. The maximum atomic E-state index is 5.59. The molecule has 4 heteroatoms. The molecule has 0 atom stereocenters. The van der Waals surface area contributed by atoms with Crippen molar-refractivity contribution in [3.8, 4) is 0 Å². The van der Waals surface area contributed by atoms with Crippen LogP contribution in [0.1, 0.15) is 18.4 Å². The van der Waals surface area contributed by atoms with Crippen LogP contribution < -0.4 is 16.4 Å². The molecule has 15 heavy (non-hydrogen) atoms. The highest BCUT2D eigenvalue weighted by Crippen LogP contribution is 2.12. The van der Waals surface area contributed by atoms with Gasteiger partial charge in [-0.05, 0) is 43.6 Å². The fourth-order valence-electron chi connectivity index (χ4n) is 1.86. The van der Waals surface area contributed by atoms with Crippen LogP contribution in [-0.4, -0.2) is 24.1 Å². The van der Waals surface area contributed by atoms with Crippen LogP contribution in [0.15, 0.2) is 18.3 Å². The van der Waals surface area contributed by atoms with Gasteiger partial charge in [-0.15, -0.1) is 0 Å². The average molecular weight is 206 g/mol. The maximum Gasteiger partial charge on any atom is 0.126 e. The van der Waals surface area contributed by atoms with Crippen molar-refractivity contribution < 1.29 is 0 Å². The Morgan fingerprint density at radius 1 is 1.47 bits per heavy atom. The zero-order valence-corrected chi connectivity index (χ0v) is 8.87. The van der Waals surface area contributed by atoms with Crippen molar-refractivity contribution in [2.45, 2.75) is 25.4 Å². The Morgan fingerprint density at radius 2 is 2.27 bits per heavy atom. The standard InChI is InChI=1S/C11H18N4/c12-8-9-1-6-14-11(7-9)15-10-2-4-13-5-3-10/h1,6-7,10,13H,2-5,8,12H2,(H,14,15). The minimum absolute atomic E-state index is 0.548. The lowest BCUT2D eigenvalue weighted by atomic mass is 10.1. The summed E-state index contributed by atoms with van der Waals surface area (Å²) in [5.41, 5.74) is 6.71. The molecule has 1 saturated heterocycles. The summed E-state index contributed by atoms with van der Waals surface area (Å²) in [6.07, 6.45) is 4.13. The van der Waals surface area contributed by atoms with Crippen LogP contribution in [-0.2, 0) is 6.54 Å². The summed E-state index contributed by atoms with van der Waals surface area (Å²) >= 11 is 0. The zero-order chi connectivity index (χ0) is 10.5. The van der Waals surface area contributed by atoms with Gasteiger partial charge in [0.05, 0.1) is 0 Å². The van der Waals surface area contributed by atoms with Gasteiger partial charge in [0.2, 0.25) is 0 Å². The van der Waals surface area contributed by atoms with Crippen molar-refractivity contribution in [1.29, 1.82) is 0 Å². The normalized spacial score (nSPS) is 17.7. The van der Waals surface area contributed by atoms with Crippen LogP contribution in [0.2, 0.25) is 0 Å². The van der Waals surface area contributed by atoms with E-state index < -0.39 is 0 Å². The first-order valence-corrected chi connectivity index (χ1v) is 5.51. The Balaban J connectivity index is 1.96. The first-order valence-electron chi connectivity index (χ1n) is 5.51. The molecule has 0 radical (unpaired) electrons. The number of hydrogen-bond donors (Lipinski definition) is 3. The van der Waals surface area contributed by atoms with E-state index >= 15 is 0 Å². The van der Waals surface area contributed by atoms with Gasteiger partial charge in [-0.1, -0.05) is 0 Å². The van der Waals surface area contributed by atoms with Gasteiger partial charge in [-0.25, -0.2) is 4.98 Å². The quantitative estimate of drug-likeness (QED) is 0.681. The zero-order valence-electron chi connectivity index (χ0n) is 8.87. The van der Waals surface area contributed by atoms with Crippen molar-refractivity contribution in [3.05, 3.63) is 23.9 Å². The third-order valence-electron chi connectivity index (χ3n) is 2.75. The van der Waals surface area contributed by atoms with Crippen molar-refractivity contribution >= 4 is 5.82 Å². The second kappa shape index (κ2) is 5.09. The molecule has 1 aliphatic heterocycles. The van der Waals surface area contributed by atoms with E-state index in [9.17, 15) is 0 Å². The SMILES string of the molecule is NCc1ccnc(NC2CCNCC2)c1. The topological polar surface area (TPSA) is 63.0 Å². The summed E-state index contributed by atoms with van der Waals surface area (Å²) in [5.74, 6) is 0.949. The Kier molecular flexibility index (Phi) is 3.53. The van der Waals surface area contributed by atoms with Crippen LogP contribution >= 0.6 is 0 Å². The monoisotopic (exact) mass is 206 g/mol. The fraction of sp³-hybridized carbons (Fsp3) is 0.545. The number of rotatable bonds is 3. The van der Waals surface area contributed by atoms with Gasteiger partial charge in [0, 0.05) is 18.8 Å². The van der Waals surface area contributed by atoms with Crippen LogP contribution in [0.3, 0.4) is 0 Å². The molecule has 1 aromatic rings. The fourth-order valence-corrected chi connectivity index (χ4v) is 1.86. The number of aromatic nitrogens is 1. The highest BCUT2D eigenvalue weighted by atomic mass is 15.0. The Bertz CT molecular complexity index is 307. The molecule has 0 unspecified atom stereocenters. The summed E-state index contributed by atoms with van der Waals surface area (Å²) in [6.45, 7) is 2.76. The lowest BCUT2D eigenvalue weighted by Gasteiger charge is -2.24. The van der Waals surface area contributed by atoms with Crippen LogP contribution in [0.4, 0.5) is 5.82 Å². The largest absolute Gasteiger partial charge is 0.367 e. The first kappa shape index (κ1) is 10.4. The Hall–Kier alpha value is -1.13. The van der Waals surface area contributed by atoms with Crippen molar-refractivity contribution in [2.75, 3.05) is 18.4 Å². The van der Waals surface area contributed by atoms with Crippen LogP contribution in [0.5, 0.6) is 0 Å². The molecule has 0 spiro atoms. The lowest BCUT2D eigenvalue weighted by molar-refractivity contribution is 0.478. The first-order chi connectivity index (χ1) is 7.38. The number of nitrogens with one attached hydrogen (secondary N) is 2. The minimum atomic E-state index is 0.548. The molecule has 1 aliphatic rings. The molecule has 0 bridgehead atoms. The highest BCUT2D eigenvalue weighted by molar-refractivity contribution is 5.38. The number of pyridine rings is 1. The third-order valence-corrected chi connectivity index (χ3v) is 2.75. The molecule has 4 N–H and O–H groups in total. The number of nitrogens with two attached hydrogens (primary N) is 1. The summed E-state index contributed by atoms with van der Waals surface area (Å²) in [4.78, 5) is 4.29. The molecule has 0 saturated carbocycles. The molecule has 1 aromatic heterocycles. The molecule has 4 nitrogen and oxygen atoms in total. The summed E-state index contributed by atoms with van der Waals surface area (Å²) in [6, 6.07) is 4.53. The van der Waals surface area contributed by atoms with Crippen LogP contribution in [0.25, 0.3) is 0 Å². The molecule has 0 aliphatic carbocycles. The number of piperidine rings is 1. The minimum Gasteiger partial charge on any atom is -0.367 e. The molecule has 82 valence electrons. The van der Waals surface area contributed by atoms with E-state index in [4.69, 9.17) is 5.73 Å². The summed E-state index contributed by atoms with van der Waals surface area (Å²) < 4.78 is 0. The summed E-state index contributed by atoms with van der Waals surface area (Å²) in [5, 5.41) is 6.79. The van der Waals surface area contributed by atoms with Gasteiger partial charge in [-0.3, -0.25) is 0 Å². The molecule has 0 aromatic carbocycles. The molecule has 0 amide bonds. The average Bonchev–Trinajstić information content (AvgIpc) is 2.31. The smallest absolute Gasteiger partial charge is 0.126 e. The van der Waals surface area contributed by atoms with E-state index in [0.717, 1.165) is 37.3 Å². The number of hydrogen-bond acceptors (Lipinski definition) is 4. The van der Waals surface area contributed by atoms with Crippen molar-refractivity contribution in [3.63, 3.8) is 0 Å². The Morgan fingerprint density at radius 3 is 3.00 bits per heavy atom. The van der Waals surface area contributed by atoms with Gasteiger partial charge >= 0.3 is 0 Å². The second-order valence-corrected chi connectivity index (χ2v) is 3.92. The highest BCUT2D eigenvalue weighted by Gasteiger charge is 2.12. The molecule has 2 rings (SSSR count). The predicted octanol–water partition coefficient (Wildman–Crippen LogP) is 0.704. The summed E-state index contributed by atoms with van der Waals surface area (Å²) in [7, 11) is 0. The van der Waals surface area contributed by atoms with Gasteiger partial charge in [0.15, 0.2) is 0 Å². The van der Waals surface area contributed by atoms with E-state index in [1.807, 2.05) is 18.3 Å². The second-order valence-electron chi connectivity index (χ2n) is 3.92. The van der Waals surface area contributed by atoms with E-state index in [1.54, 1.807) is 0 Å². The number of nitrogens with zero attached hydrogens (tertiary/aromatic N) is 1.